The molecule has 0 radical (unpaired) electrons. The molecule has 1 aromatic carbocycles. The normalized spacial score (nSPS) is 15.7. The van der Waals surface area contributed by atoms with Gasteiger partial charge in [0.25, 0.3) is 5.91 Å². The number of carbonyl (C=O) groups excluding carboxylic acids is 1. The molecule has 122 valence electrons. The molecule has 1 aliphatic rings. The number of rotatable bonds is 3. The second-order valence-corrected chi connectivity index (χ2v) is 6.54. The number of anilines is 1. The molecule has 1 saturated heterocycles. The Morgan fingerprint density at radius 3 is 2.65 bits per heavy atom. The van der Waals surface area contributed by atoms with Crippen LogP contribution in [-0.2, 0) is 7.05 Å². The SMILES string of the molecule is Cn1ccnc1N1CCC(NC(=O)c2ccc(Cl)cc2Cl)CC1. The number of aromatic nitrogens is 2. The van der Waals surface area contributed by atoms with Crippen molar-refractivity contribution in [3.05, 3.63) is 46.2 Å². The van der Waals surface area contributed by atoms with E-state index in [1.165, 1.54) is 0 Å². The van der Waals surface area contributed by atoms with Crippen molar-refractivity contribution in [1.82, 2.24) is 14.9 Å². The average Bonchev–Trinajstić information content (AvgIpc) is 2.94. The lowest BCUT2D eigenvalue weighted by Gasteiger charge is -2.33. The Bertz CT molecular complexity index is 708. The number of piperidine rings is 1. The van der Waals surface area contributed by atoms with Crippen molar-refractivity contribution in [3.63, 3.8) is 0 Å². The highest BCUT2D eigenvalue weighted by Crippen LogP contribution is 2.22. The summed E-state index contributed by atoms with van der Waals surface area (Å²) in [6.07, 6.45) is 5.49. The summed E-state index contributed by atoms with van der Waals surface area (Å²) in [6, 6.07) is 5.06. The molecular weight excluding hydrogens is 335 g/mol. The van der Waals surface area contributed by atoms with Gasteiger partial charge in [0.05, 0.1) is 10.6 Å². The Balaban J connectivity index is 1.58. The first-order chi connectivity index (χ1) is 11.0. The highest BCUT2D eigenvalue weighted by molar-refractivity contribution is 6.36. The first-order valence-corrected chi connectivity index (χ1v) is 8.28. The lowest BCUT2D eigenvalue weighted by Crippen LogP contribution is -2.45. The molecule has 0 spiro atoms. The molecular formula is C16H18Cl2N4O. The van der Waals surface area contributed by atoms with Crippen molar-refractivity contribution >= 4 is 35.1 Å². The highest BCUT2D eigenvalue weighted by atomic mass is 35.5. The van der Waals surface area contributed by atoms with Crippen LogP contribution in [0.3, 0.4) is 0 Å². The van der Waals surface area contributed by atoms with Gasteiger partial charge in [-0.3, -0.25) is 4.79 Å². The lowest BCUT2D eigenvalue weighted by atomic mass is 10.0. The summed E-state index contributed by atoms with van der Waals surface area (Å²) in [5.41, 5.74) is 0.461. The Kier molecular flexibility index (Phi) is 4.78. The van der Waals surface area contributed by atoms with Crippen LogP contribution in [0.5, 0.6) is 0 Å². The number of amides is 1. The minimum absolute atomic E-state index is 0.144. The second kappa shape index (κ2) is 6.81. The molecule has 0 unspecified atom stereocenters. The van der Waals surface area contributed by atoms with Crippen LogP contribution in [0.15, 0.2) is 30.6 Å². The molecule has 7 heteroatoms. The van der Waals surface area contributed by atoms with Crippen molar-refractivity contribution in [2.45, 2.75) is 18.9 Å². The molecule has 1 aromatic heterocycles. The summed E-state index contributed by atoms with van der Waals surface area (Å²) >= 11 is 11.9. The maximum Gasteiger partial charge on any atom is 0.253 e. The molecule has 0 saturated carbocycles. The largest absolute Gasteiger partial charge is 0.349 e. The van der Waals surface area contributed by atoms with E-state index in [0.717, 1.165) is 31.9 Å². The van der Waals surface area contributed by atoms with Crippen LogP contribution in [0.1, 0.15) is 23.2 Å². The molecule has 1 N–H and O–H groups in total. The van der Waals surface area contributed by atoms with Gasteiger partial charge in [0.1, 0.15) is 0 Å². The third-order valence-electron chi connectivity index (χ3n) is 4.08. The van der Waals surface area contributed by atoms with E-state index in [1.54, 1.807) is 24.4 Å². The van der Waals surface area contributed by atoms with Gasteiger partial charge >= 0.3 is 0 Å². The van der Waals surface area contributed by atoms with E-state index in [0.29, 0.717) is 15.6 Å². The minimum Gasteiger partial charge on any atom is -0.349 e. The van der Waals surface area contributed by atoms with Crippen LogP contribution in [0.4, 0.5) is 5.95 Å². The fraction of sp³-hybridized carbons (Fsp3) is 0.375. The van der Waals surface area contributed by atoms with Crippen molar-refractivity contribution < 1.29 is 4.79 Å². The van der Waals surface area contributed by atoms with Crippen LogP contribution >= 0.6 is 23.2 Å². The summed E-state index contributed by atoms with van der Waals surface area (Å²) in [6.45, 7) is 1.73. The minimum atomic E-state index is -0.151. The fourth-order valence-corrected chi connectivity index (χ4v) is 3.32. The van der Waals surface area contributed by atoms with Crippen molar-refractivity contribution in [3.8, 4) is 0 Å². The lowest BCUT2D eigenvalue weighted by molar-refractivity contribution is 0.0931. The summed E-state index contributed by atoms with van der Waals surface area (Å²) in [5, 5.41) is 3.95. The second-order valence-electron chi connectivity index (χ2n) is 5.70. The molecule has 2 heterocycles. The van der Waals surface area contributed by atoms with Crippen molar-refractivity contribution in [1.29, 1.82) is 0 Å². The topological polar surface area (TPSA) is 50.2 Å². The molecule has 0 aliphatic carbocycles. The number of halogens is 2. The van der Waals surface area contributed by atoms with E-state index in [9.17, 15) is 4.79 Å². The fourth-order valence-electron chi connectivity index (χ4n) is 2.82. The Morgan fingerprint density at radius 2 is 2.04 bits per heavy atom. The maximum absolute atomic E-state index is 12.3. The quantitative estimate of drug-likeness (QED) is 0.923. The van der Waals surface area contributed by atoms with E-state index in [2.05, 4.69) is 15.2 Å². The molecule has 3 rings (SSSR count). The molecule has 2 aromatic rings. The molecule has 1 fully saturated rings. The van der Waals surface area contributed by atoms with Crippen LogP contribution in [0, 0.1) is 0 Å². The standard InChI is InChI=1S/C16H18Cl2N4O/c1-21-9-6-19-16(21)22-7-4-12(5-8-22)20-15(23)13-3-2-11(17)10-14(13)18/h2-3,6,9-10,12H,4-5,7-8H2,1H3,(H,20,23). The predicted octanol–water partition coefficient (Wildman–Crippen LogP) is 3.13. The van der Waals surface area contributed by atoms with Gasteiger partial charge < -0.3 is 14.8 Å². The number of hydrogen-bond acceptors (Lipinski definition) is 3. The zero-order valence-electron chi connectivity index (χ0n) is 12.8. The van der Waals surface area contributed by atoms with Crippen molar-refractivity contribution in [2.75, 3.05) is 18.0 Å². The highest BCUT2D eigenvalue weighted by Gasteiger charge is 2.23. The van der Waals surface area contributed by atoms with E-state index in [1.807, 2.05) is 17.8 Å². The summed E-state index contributed by atoms with van der Waals surface area (Å²) < 4.78 is 2.01. The third-order valence-corrected chi connectivity index (χ3v) is 4.63. The van der Waals surface area contributed by atoms with Crippen LogP contribution in [0.2, 0.25) is 10.0 Å². The number of nitrogens with zero attached hydrogens (tertiary/aromatic N) is 3. The first kappa shape index (κ1) is 16.1. The third kappa shape index (κ3) is 3.62. The van der Waals surface area contributed by atoms with Gasteiger partial charge in [-0.05, 0) is 31.0 Å². The zero-order chi connectivity index (χ0) is 16.4. The number of imidazole rings is 1. The molecule has 1 aliphatic heterocycles. The molecule has 0 atom stereocenters. The van der Waals surface area contributed by atoms with Crippen LogP contribution in [0.25, 0.3) is 0 Å². The average molecular weight is 353 g/mol. The Hall–Kier alpha value is -1.72. The van der Waals surface area contributed by atoms with Gasteiger partial charge in [-0.2, -0.15) is 0 Å². The van der Waals surface area contributed by atoms with Gasteiger partial charge in [0, 0.05) is 43.6 Å². The van der Waals surface area contributed by atoms with Crippen LogP contribution in [-0.4, -0.2) is 34.6 Å². The Labute approximate surface area is 145 Å². The van der Waals surface area contributed by atoms with Gasteiger partial charge in [0.2, 0.25) is 5.95 Å². The van der Waals surface area contributed by atoms with Gasteiger partial charge in [-0.25, -0.2) is 4.98 Å². The monoisotopic (exact) mass is 352 g/mol. The molecule has 5 nitrogen and oxygen atoms in total. The summed E-state index contributed by atoms with van der Waals surface area (Å²) in [4.78, 5) is 18.9. The van der Waals surface area contributed by atoms with Crippen molar-refractivity contribution in [2.24, 2.45) is 7.05 Å². The number of hydrogen-bond donors (Lipinski definition) is 1. The Morgan fingerprint density at radius 1 is 1.30 bits per heavy atom. The molecule has 0 bridgehead atoms. The van der Waals surface area contributed by atoms with E-state index >= 15 is 0 Å². The van der Waals surface area contributed by atoms with E-state index in [4.69, 9.17) is 23.2 Å². The van der Waals surface area contributed by atoms with Crippen LogP contribution < -0.4 is 10.2 Å². The van der Waals surface area contributed by atoms with Gasteiger partial charge in [-0.1, -0.05) is 23.2 Å². The maximum atomic E-state index is 12.3. The number of nitrogens with one attached hydrogen (secondary N) is 1. The summed E-state index contributed by atoms with van der Waals surface area (Å²) in [5.74, 6) is 0.817. The smallest absolute Gasteiger partial charge is 0.253 e. The number of aryl methyl sites for hydroxylation is 1. The van der Waals surface area contributed by atoms with Gasteiger partial charge in [-0.15, -0.1) is 0 Å². The first-order valence-electron chi connectivity index (χ1n) is 7.53. The molecule has 23 heavy (non-hydrogen) atoms. The molecule has 1 amide bonds. The summed E-state index contributed by atoms with van der Waals surface area (Å²) in [7, 11) is 1.98. The predicted molar refractivity (Wildman–Crippen MR) is 92.4 cm³/mol. The van der Waals surface area contributed by atoms with E-state index < -0.39 is 0 Å². The van der Waals surface area contributed by atoms with E-state index in [-0.39, 0.29) is 11.9 Å². The number of carbonyl (C=O) groups is 1. The van der Waals surface area contributed by atoms with Gasteiger partial charge in [0.15, 0.2) is 0 Å². The number of benzene rings is 1. The zero-order valence-corrected chi connectivity index (χ0v) is 14.3.